The van der Waals surface area contributed by atoms with Gasteiger partial charge in [-0.15, -0.1) is 10.2 Å². The first-order chi connectivity index (χ1) is 13.2. The first kappa shape index (κ1) is 17.4. The van der Waals surface area contributed by atoms with Crippen molar-refractivity contribution in [2.45, 2.75) is 31.3 Å². The van der Waals surface area contributed by atoms with Crippen LogP contribution in [0.15, 0.2) is 60.0 Å². The lowest BCUT2D eigenvalue weighted by molar-refractivity contribution is 0.687. The van der Waals surface area contributed by atoms with Crippen LogP contribution in [0.2, 0.25) is 0 Å². The number of nitrogens with zero attached hydrogens (tertiary/aromatic N) is 5. The van der Waals surface area contributed by atoms with Crippen LogP contribution in [-0.4, -0.2) is 19.2 Å². The Kier molecular flexibility index (Phi) is 4.69. The van der Waals surface area contributed by atoms with Gasteiger partial charge in [0.15, 0.2) is 11.0 Å². The average Bonchev–Trinajstić information content (AvgIpc) is 3.26. The van der Waals surface area contributed by atoms with Crippen LogP contribution >= 0.6 is 11.8 Å². The molecule has 0 bridgehead atoms. The third-order valence-electron chi connectivity index (χ3n) is 4.65. The maximum atomic E-state index is 9.58. The second-order valence-electron chi connectivity index (χ2n) is 6.29. The van der Waals surface area contributed by atoms with Crippen LogP contribution in [-0.2, 0) is 12.3 Å². The van der Waals surface area contributed by atoms with E-state index in [2.05, 4.69) is 46.8 Å². The van der Waals surface area contributed by atoms with Crippen molar-refractivity contribution < 1.29 is 0 Å². The van der Waals surface area contributed by atoms with E-state index in [1.165, 1.54) is 5.56 Å². The summed E-state index contributed by atoms with van der Waals surface area (Å²) in [5.74, 6) is 1.57. The summed E-state index contributed by atoms with van der Waals surface area (Å²) in [6, 6.07) is 16.5. The number of hydrogen-bond acceptors (Lipinski definition) is 4. The zero-order valence-corrected chi connectivity index (χ0v) is 16.1. The van der Waals surface area contributed by atoms with Gasteiger partial charge in [0, 0.05) is 30.3 Å². The fourth-order valence-corrected chi connectivity index (χ4v) is 4.24. The lowest BCUT2D eigenvalue weighted by Crippen LogP contribution is -2.00. The van der Waals surface area contributed by atoms with Crippen LogP contribution in [0.1, 0.15) is 23.6 Å². The van der Waals surface area contributed by atoms with E-state index >= 15 is 0 Å². The molecule has 4 aromatic rings. The molecule has 1 aromatic carbocycles. The summed E-state index contributed by atoms with van der Waals surface area (Å²) in [5.41, 5.74) is 4.96. The topological polar surface area (TPSA) is 58.9 Å². The van der Waals surface area contributed by atoms with Gasteiger partial charge >= 0.3 is 0 Å². The lowest BCUT2D eigenvalue weighted by Gasteiger charge is -2.09. The van der Waals surface area contributed by atoms with Gasteiger partial charge in [-0.05, 0) is 37.1 Å². The molecule has 0 amide bonds. The molecule has 0 aliphatic carbocycles. The highest BCUT2D eigenvalue weighted by Crippen LogP contribution is 2.30. The van der Waals surface area contributed by atoms with Crippen molar-refractivity contribution in [2.75, 3.05) is 0 Å². The number of thioether (sulfide) groups is 1. The summed E-state index contributed by atoms with van der Waals surface area (Å²) in [6.45, 7) is 4.98. The molecule has 0 spiro atoms. The Morgan fingerprint density at radius 3 is 2.70 bits per heavy atom. The highest BCUT2D eigenvalue weighted by atomic mass is 32.2. The van der Waals surface area contributed by atoms with E-state index in [1.807, 2.05) is 47.1 Å². The number of aromatic nitrogens is 4. The monoisotopic (exact) mass is 373 g/mol. The van der Waals surface area contributed by atoms with Crippen molar-refractivity contribution in [2.24, 2.45) is 0 Å². The van der Waals surface area contributed by atoms with Crippen molar-refractivity contribution in [1.82, 2.24) is 19.2 Å². The lowest BCUT2D eigenvalue weighted by atomic mass is 10.1. The van der Waals surface area contributed by atoms with Crippen molar-refractivity contribution in [1.29, 1.82) is 5.26 Å². The normalized spacial score (nSPS) is 11.0. The van der Waals surface area contributed by atoms with Gasteiger partial charge in [0.25, 0.3) is 0 Å². The third-order valence-corrected chi connectivity index (χ3v) is 5.67. The zero-order valence-electron chi connectivity index (χ0n) is 15.3. The van der Waals surface area contributed by atoms with E-state index in [4.69, 9.17) is 0 Å². The molecular weight excluding hydrogens is 354 g/mol. The fourth-order valence-electron chi connectivity index (χ4n) is 3.26. The van der Waals surface area contributed by atoms with E-state index in [0.29, 0.717) is 5.75 Å². The smallest absolute Gasteiger partial charge is 0.191 e. The molecule has 0 saturated carbocycles. The molecule has 6 heteroatoms. The number of pyridine rings is 1. The summed E-state index contributed by atoms with van der Waals surface area (Å²) in [4.78, 5) is 0. The van der Waals surface area contributed by atoms with Crippen molar-refractivity contribution in [3.63, 3.8) is 0 Å². The van der Waals surface area contributed by atoms with Crippen LogP contribution in [0, 0.1) is 18.3 Å². The van der Waals surface area contributed by atoms with Gasteiger partial charge in [0.05, 0.1) is 11.1 Å². The first-order valence-electron chi connectivity index (χ1n) is 8.83. The minimum Gasteiger partial charge on any atom is -0.322 e. The predicted molar refractivity (Wildman–Crippen MR) is 108 cm³/mol. The molecule has 0 unspecified atom stereocenters. The molecule has 0 radical (unpaired) electrons. The molecule has 134 valence electrons. The molecule has 5 nitrogen and oxygen atoms in total. The molecule has 0 fully saturated rings. The summed E-state index contributed by atoms with van der Waals surface area (Å²) < 4.78 is 4.13. The van der Waals surface area contributed by atoms with Crippen molar-refractivity contribution in [3.05, 3.63) is 71.5 Å². The second kappa shape index (κ2) is 7.29. The largest absolute Gasteiger partial charge is 0.322 e. The second-order valence-corrected chi connectivity index (χ2v) is 7.23. The molecule has 0 N–H and O–H groups in total. The average molecular weight is 373 g/mol. The number of rotatable bonds is 5. The number of aryl methyl sites for hydroxylation is 1. The highest BCUT2D eigenvalue weighted by Gasteiger charge is 2.16. The van der Waals surface area contributed by atoms with Gasteiger partial charge in [-0.1, -0.05) is 42.1 Å². The molecule has 0 saturated heterocycles. The summed E-state index contributed by atoms with van der Waals surface area (Å²) >= 11 is 1.62. The Balaban J connectivity index is 1.65. The Morgan fingerprint density at radius 1 is 1.11 bits per heavy atom. The molecule has 27 heavy (non-hydrogen) atoms. The molecule has 0 atom stereocenters. The van der Waals surface area contributed by atoms with Crippen LogP contribution < -0.4 is 0 Å². The first-order valence-corrected chi connectivity index (χ1v) is 9.82. The Morgan fingerprint density at radius 2 is 1.93 bits per heavy atom. The SMILES string of the molecule is CCn1c(SCc2cn3ccccc3c2C#N)nnc1-c1ccccc1C. The number of hydrogen-bond donors (Lipinski definition) is 0. The van der Waals surface area contributed by atoms with Crippen molar-refractivity contribution >= 4 is 17.3 Å². The van der Waals surface area contributed by atoms with Gasteiger partial charge in [-0.2, -0.15) is 5.26 Å². The Bertz CT molecular complexity index is 1150. The molecule has 0 aliphatic heterocycles. The van der Waals surface area contributed by atoms with E-state index in [9.17, 15) is 5.26 Å². The minimum absolute atomic E-state index is 0.677. The zero-order chi connectivity index (χ0) is 18.8. The summed E-state index contributed by atoms with van der Waals surface area (Å²) in [7, 11) is 0. The van der Waals surface area contributed by atoms with Gasteiger partial charge in [-0.25, -0.2) is 0 Å². The Labute approximate surface area is 162 Å². The van der Waals surface area contributed by atoms with E-state index in [1.54, 1.807) is 11.8 Å². The number of fused-ring (bicyclic) bond motifs is 1. The fraction of sp³-hybridized carbons (Fsp3) is 0.190. The predicted octanol–water partition coefficient (Wildman–Crippen LogP) is 4.69. The van der Waals surface area contributed by atoms with E-state index in [0.717, 1.165) is 39.7 Å². The molecule has 0 aliphatic rings. The maximum absolute atomic E-state index is 9.58. The quantitative estimate of drug-likeness (QED) is 0.476. The summed E-state index contributed by atoms with van der Waals surface area (Å²) in [6.07, 6.45) is 3.99. The molecule has 3 heterocycles. The van der Waals surface area contributed by atoms with Crippen LogP contribution in [0.25, 0.3) is 16.9 Å². The number of nitriles is 1. The minimum atomic E-state index is 0.677. The highest BCUT2D eigenvalue weighted by molar-refractivity contribution is 7.98. The van der Waals surface area contributed by atoms with Gasteiger partial charge < -0.3 is 8.97 Å². The van der Waals surface area contributed by atoms with E-state index in [-0.39, 0.29) is 0 Å². The number of benzene rings is 1. The standard InChI is InChI=1S/C21H19N5S/c1-3-26-20(17-9-5-4-8-15(17)2)23-24-21(26)27-14-16-13-25-11-7-6-10-19(25)18(16)12-22/h4-11,13H,3,14H2,1-2H3. The van der Waals surface area contributed by atoms with Gasteiger partial charge in [0.1, 0.15) is 6.07 Å². The Hall–Kier alpha value is -3.04. The van der Waals surface area contributed by atoms with Crippen LogP contribution in [0.5, 0.6) is 0 Å². The van der Waals surface area contributed by atoms with Crippen molar-refractivity contribution in [3.8, 4) is 17.5 Å². The van der Waals surface area contributed by atoms with Gasteiger partial charge in [-0.3, -0.25) is 0 Å². The molecule has 4 rings (SSSR count). The van der Waals surface area contributed by atoms with Gasteiger partial charge in [0.2, 0.25) is 0 Å². The van der Waals surface area contributed by atoms with Crippen LogP contribution in [0.4, 0.5) is 0 Å². The molecular formula is C21H19N5S. The summed E-state index contributed by atoms with van der Waals surface area (Å²) in [5, 5.41) is 19.3. The molecule has 3 aromatic heterocycles. The third kappa shape index (κ3) is 3.11. The maximum Gasteiger partial charge on any atom is 0.191 e. The van der Waals surface area contributed by atoms with E-state index < -0.39 is 0 Å². The van der Waals surface area contributed by atoms with Crippen LogP contribution in [0.3, 0.4) is 0 Å².